The lowest BCUT2D eigenvalue weighted by Crippen LogP contribution is -2.28. The Labute approximate surface area is 81.6 Å². The molecule has 0 radical (unpaired) electrons. The van der Waals surface area contributed by atoms with Crippen LogP contribution in [0.1, 0.15) is 7.79 Å². The van der Waals surface area contributed by atoms with E-state index in [1.165, 1.54) is 0 Å². The Morgan fingerprint density at radius 1 is 1.93 bits per heavy atom. The van der Waals surface area contributed by atoms with E-state index in [9.17, 15) is 9.90 Å². The van der Waals surface area contributed by atoms with Crippen LogP contribution in [0.5, 0.6) is 0 Å². The van der Waals surface area contributed by atoms with Crippen molar-refractivity contribution in [2.24, 2.45) is 5.11 Å². The van der Waals surface area contributed by atoms with E-state index in [4.69, 9.17) is 11.6 Å². The number of rotatable bonds is 4. The minimum absolute atomic E-state index is 0.129. The molecule has 1 saturated heterocycles. The lowest BCUT2D eigenvalue weighted by atomic mass is 10.2. The number of esters is 1. The lowest BCUT2D eigenvalue weighted by Gasteiger charge is -2.12. The van der Waals surface area contributed by atoms with Gasteiger partial charge in [0, 0.05) is 11.5 Å². The Hall–Kier alpha value is -1.30. The molecular formula is C7H11N3O4. The highest BCUT2D eigenvalue weighted by molar-refractivity contribution is 5.71. The Balaban J connectivity index is 2.25. The molecule has 7 heteroatoms. The minimum Gasteiger partial charge on any atom is -0.463 e. The van der Waals surface area contributed by atoms with E-state index in [0.29, 0.717) is 0 Å². The molecule has 7 nitrogen and oxygen atoms in total. The fourth-order valence-electron chi connectivity index (χ4n) is 0.981. The molecule has 78 valence electrons. The van der Waals surface area contributed by atoms with Crippen LogP contribution < -0.4 is 0 Å². The number of carbonyl (C=O) groups excluding carboxylic acids is 1. The third-order valence-corrected chi connectivity index (χ3v) is 1.71. The van der Waals surface area contributed by atoms with Crippen molar-refractivity contribution >= 4 is 5.97 Å². The van der Waals surface area contributed by atoms with Gasteiger partial charge < -0.3 is 14.6 Å². The van der Waals surface area contributed by atoms with E-state index in [-0.39, 0.29) is 19.6 Å². The number of hydrogen-bond acceptors (Lipinski definition) is 5. The van der Waals surface area contributed by atoms with Crippen molar-refractivity contribution in [3.8, 4) is 0 Å². The van der Waals surface area contributed by atoms with Crippen LogP contribution >= 0.6 is 0 Å². The monoisotopic (exact) mass is 203 g/mol. The maximum Gasteiger partial charge on any atom is 0.311 e. The van der Waals surface area contributed by atoms with Crippen molar-refractivity contribution in [2.75, 3.05) is 19.7 Å². The first-order valence-electron chi connectivity index (χ1n) is 4.63. The first kappa shape index (κ1) is 9.26. The zero-order valence-corrected chi connectivity index (χ0v) is 7.37. The number of carbonyl (C=O) groups is 1. The van der Waals surface area contributed by atoms with Gasteiger partial charge in [0.1, 0.15) is 19.3 Å². The predicted octanol–water partition coefficient (Wildman–Crippen LogP) is -0.0103. The van der Waals surface area contributed by atoms with E-state index in [1.54, 1.807) is 0 Å². The summed E-state index contributed by atoms with van der Waals surface area (Å²) in [5.74, 6) is -0.683. The molecule has 0 spiro atoms. The summed E-state index contributed by atoms with van der Waals surface area (Å²) >= 11 is 0. The van der Waals surface area contributed by atoms with Crippen molar-refractivity contribution in [3.63, 3.8) is 0 Å². The van der Waals surface area contributed by atoms with Crippen LogP contribution in [-0.4, -0.2) is 43.0 Å². The number of azide groups is 1. The summed E-state index contributed by atoms with van der Waals surface area (Å²) in [5.41, 5.74) is 7.93. The molecule has 1 unspecified atom stereocenters. The maximum atomic E-state index is 10.9. The summed E-state index contributed by atoms with van der Waals surface area (Å²) in [5, 5.41) is 12.3. The van der Waals surface area contributed by atoms with Crippen molar-refractivity contribution in [1.29, 1.82) is 0 Å². The Morgan fingerprint density at radius 3 is 3.29 bits per heavy atom. The molecule has 1 heterocycles. The predicted molar refractivity (Wildman–Crippen MR) is 45.3 cm³/mol. The highest BCUT2D eigenvalue weighted by Crippen LogP contribution is 2.13. The zero-order valence-electron chi connectivity index (χ0n) is 8.37. The Bertz CT molecular complexity index is 281. The smallest absolute Gasteiger partial charge is 0.311 e. The average Bonchev–Trinajstić information content (AvgIpc) is 2.51. The van der Waals surface area contributed by atoms with Gasteiger partial charge in [-0.25, -0.2) is 0 Å². The number of nitrogens with zero attached hydrogens (tertiary/aromatic N) is 3. The molecule has 1 rings (SSSR count). The third kappa shape index (κ3) is 3.21. The fraction of sp³-hybridized carbons (Fsp3) is 0.857. The lowest BCUT2D eigenvalue weighted by molar-refractivity contribution is -0.146. The Morgan fingerprint density at radius 2 is 2.71 bits per heavy atom. The second-order valence-corrected chi connectivity index (χ2v) is 2.72. The molecule has 0 saturated carbocycles. The molecule has 1 aliphatic heterocycles. The summed E-state index contributed by atoms with van der Waals surface area (Å²) in [6, 6.07) is 0. The summed E-state index contributed by atoms with van der Waals surface area (Å²) in [4.78, 5) is 13.3. The summed E-state index contributed by atoms with van der Waals surface area (Å²) < 4.78 is 16.8. The topological polar surface area (TPSA) is 105 Å². The highest BCUT2D eigenvalue weighted by Gasteiger charge is 2.27. The van der Waals surface area contributed by atoms with Crippen molar-refractivity contribution < 1.29 is 20.7 Å². The molecule has 1 aliphatic rings. The molecular weight excluding hydrogens is 190 g/mol. The molecule has 0 aliphatic carbocycles. The second kappa shape index (κ2) is 5.43. The maximum absolute atomic E-state index is 10.9. The number of hydrogen-bond donors (Lipinski definition) is 1. The van der Waals surface area contributed by atoms with Crippen molar-refractivity contribution in [1.82, 2.24) is 0 Å². The van der Waals surface area contributed by atoms with Crippen LogP contribution in [0.2, 0.25) is 0 Å². The molecule has 0 aromatic rings. The average molecular weight is 203 g/mol. The first-order valence-corrected chi connectivity index (χ1v) is 4.05. The molecule has 0 aromatic carbocycles. The van der Waals surface area contributed by atoms with Crippen LogP contribution in [0.4, 0.5) is 0 Å². The molecule has 0 bridgehead atoms. The number of ether oxygens (including phenoxy) is 2. The summed E-state index contributed by atoms with van der Waals surface area (Å²) in [6.07, 6.45) is -1.25. The molecule has 3 atom stereocenters. The quantitative estimate of drug-likeness (QED) is 0.300. The van der Waals surface area contributed by atoms with Crippen LogP contribution in [0.15, 0.2) is 5.11 Å². The summed E-state index contributed by atoms with van der Waals surface area (Å²) in [7, 11) is 0. The van der Waals surface area contributed by atoms with E-state index in [0.717, 1.165) is 0 Å². The van der Waals surface area contributed by atoms with E-state index in [2.05, 4.69) is 14.8 Å². The van der Waals surface area contributed by atoms with Gasteiger partial charge in [0.15, 0.2) is 0 Å². The van der Waals surface area contributed by atoms with Crippen LogP contribution in [0.25, 0.3) is 10.4 Å². The normalized spacial score (nSPS) is 31.8. The Kier molecular flexibility index (Phi) is 3.60. The molecule has 1 N–H and O–H groups in total. The standard InChI is InChI=1S/C7H11N3O4/c8-10-9-3-7(12)14-4-6-5(11)1-2-13-6/h5-6,11H,1-4H2/t5?,6-/m1/s1/i2T/t2-,5?,6+/m0. The van der Waals surface area contributed by atoms with Gasteiger partial charge >= 0.3 is 5.97 Å². The molecule has 0 amide bonds. The van der Waals surface area contributed by atoms with E-state index in [1.807, 2.05) is 0 Å². The second-order valence-electron chi connectivity index (χ2n) is 2.72. The van der Waals surface area contributed by atoms with Crippen LogP contribution in [0.3, 0.4) is 0 Å². The third-order valence-electron chi connectivity index (χ3n) is 1.71. The fourth-order valence-corrected chi connectivity index (χ4v) is 0.981. The molecule has 0 aromatic heterocycles. The highest BCUT2D eigenvalue weighted by atomic mass is 16.6. The van der Waals surface area contributed by atoms with E-state index < -0.39 is 24.8 Å². The first-order chi connectivity index (χ1) is 7.13. The number of aliphatic hydroxyl groups is 1. The van der Waals surface area contributed by atoms with Crippen molar-refractivity contribution in [3.05, 3.63) is 10.4 Å². The van der Waals surface area contributed by atoms with Gasteiger partial charge in [-0.15, -0.1) is 0 Å². The number of aliphatic hydroxyl groups excluding tert-OH is 1. The van der Waals surface area contributed by atoms with Gasteiger partial charge in [0.05, 0.1) is 7.47 Å². The van der Waals surface area contributed by atoms with Gasteiger partial charge in [0.2, 0.25) is 0 Å². The molecule has 1 fully saturated rings. The SMILES string of the molecule is [3H][C@H]1CC(O)[C@@H](COC(=O)CN=[N+]=[N-])O1. The van der Waals surface area contributed by atoms with Crippen LogP contribution in [0, 0.1) is 0 Å². The van der Waals surface area contributed by atoms with Gasteiger partial charge in [-0.1, -0.05) is 5.11 Å². The van der Waals surface area contributed by atoms with Gasteiger partial charge in [0.25, 0.3) is 0 Å². The van der Waals surface area contributed by atoms with Crippen LogP contribution in [-0.2, 0) is 14.3 Å². The van der Waals surface area contributed by atoms with Crippen molar-refractivity contribution in [2.45, 2.75) is 18.6 Å². The molecule has 14 heavy (non-hydrogen) atoms. The van der Waals surface area contributed by atoms with Gasteiger partial charge in [-0.3, -0.25) is 4.79 Å². The van der Waals surface area contributed by atoms with Gasteiger partial charge in [-0.05, 0) is 12.0 Å². The zero-order chi connectivity index (χ0) is 11.3. The van der Waals surface area contributed by atoms with Gasteiger partial charge in [-0.2, -0.15) is 0 Å². The van der Waals surface area contributed by atoms with E-state index >= 15 is 0 Å². The largest absolute Gasteiger partial charge is 0.463 e. The summed E-state index contributed by atoms with van der Waals surface area (Å²) in [6.45, 7) is -1.29. The minimum atomic E-state index is -0.792.